The van der Waals surface area contributed by atoms with Crippen LogP contribution in [0.4, 0.5) is 0 Å². The van der Waals surface area contributed by atoms with Gasteiger partial charge in [0.05, 0.1) is 6.61 Å². The molecule has 2 aromatic rings. The third kappa shape index (κ3) is 2.88. The van der Waals surface area contributed by atoms with Crippen LogP contribution in [0.25, 0.3) is 0 Å². The van der Waals surface area contributed by atoms with E-state index >= 15 is 0 Å². The molecule has 6 nitrogen and oxygen atoms in total. The molecule has 0 unspecified atom stereocenters. The molecule has 2 aromatic carbocycles. The molecule has 3 aliphatic rings. The lowest BCUT2D eigenvalue weighted by atomic mass is 9.67. The smallest absolute Gasteiger partial charge is 0.231 e. The standard InChI is InChI=1S/C22H24O6/c1-23-9-15-5-14-7-20-21(28-12-27-20)8-16(14)22(17(15)10-24-2)13-3-4-18-19(6-13)26-11-25-18/h3-4,6-8,15,17,22H,5,9-12H2,1-2H3/t15-,17-,22-/m1/s1. The highest BCUT2D eigenvalue weighted by Gasteiger charge is 2.39. The van der Waals surface area contributed by atoms with Crippen LogP contribution >= 0.6 is 0 Å². The fourth-order valence-corrected chi connectivity index (χ4v) is 4.76. The average Bonchev–Trinajstić information content (AvgIpc) is 3.35. The Morgan fingerprint density at radius 3 is 2.25 bits per heavy atom. The maximum Gasteiger partial charge on any atom is 0.231 e. The third-order valence-corrected chi connectivity index (χ3v) is 5.98. The highest BCUT2D eigenvalue weighted by molar-refractivity contribution is 5.55. The zero-order valence-electron chi connectivity index (χ0n) is 16.1. The molecular weight excluding hydrogens is 360 g/mol. The number of fused-ring (bicyclic) bond motifs is 3. The zero-order valence-corrected chi connectivity index (χ0v) is 16.1. The molecule has 5 rings (SSSR count). The third-order valence-electron chi connectivity index (χ3n) is 5.98. The number of hydrogen-bond donors (Lipinski definition) is 0. The van der Waals surface area contributed by atoms with E-state index in [2.05, 4.69) is 24.3 Å². The second-order valence-electron chi connectivity index (χ2n) is 7.53. The van der Waals surface area contributed by atoms with Crippen molar-refractivity contribution in [2.24, 2.45) is 11.8 Å². The largest absolute Gasteiger partial charge is 0.454 e. The molecule has 0 radical (unpaired) electrons. The summed E-state index contributed by atoms with van der Waals surface area (Å²) in [5, 5.41) is 0. The highest BCUT2D eigenvalue weighted by atomic mass is 16.7. The van der Waals surface area contributed by atoms with E-state index in [0.29, 0.717) is 19.1 Å². The van der Waals surface area contributed by atoms with Crippen LogP contribution in [0.5, 0.6) is 23.0 Å². The fourth-order valence-electron chi connectivity index (χ4n) is 4.76. The fraction of sp³-hybridized carbons (Fsp3) is 0.455. The van der Waals surface area contributed by atoms with Gasteiger partial charge in [-0.2, -0.15) is 0 Å². The van der Waals surface area contributed by atoms with Gasteiger partial charge in [0.25, 0.3) is 0 Å². The summed E-state index contributed by atoms with van der Waals surface area (Å²) in [6.45, 7) is 1.88. The van der Waals surface area contributed by atoms with Gasteiger partial charge in [-0.15, -0.1) is 0 Å². The quantitative estimate of drug-likeness (QED) is 0.788. The maximum atomic E-state index is 5.67. The van der Waals surface area contributed by atoms with Gasteiger partial charge in [-0.05, 0) is 59.2 Å². The molecule has 1 aliphatic carbocycles. The van der Waals surface area contributed by atoms with Crippen LogP contribution in [0.15, 0.2) is 30.3 Å². The summed E-state index contributed by atoms with van der Waals surface area (Å²) in [6.07, 6.45) is 0.925. The van der Waals surface area contributed by atoms with Gasteiger partial charge in [0, 0.05) is 26.7 Å². The van der Waals surface area contributed by atoms with Crippen molar-refractivity contribution in [3.05, 3.63) is 47.0 Å². The molecule has 0 saturated carbocycles. The van der Waals surface area contributed by atoms with Crippen LogP contribution in [0, 0.1) is 11.8 Å². The van der Waals surface area contributed by atoms with Crippen LogP contribution in [-0.4, -0.2) is 41.0 Å². The van der Waals surface area contributed by atoms with Gasteiger partial charge in [0.1, 0.15) is 0 Å². The molecule has 148 valence electrons. The van der Waals surface area contributed by atoms with Crippen molar-refractivity contribution in [3.63, 3.8) is 0 Å². The van der Waals surface area contributed by atoms with Crippen molar-refractivity contribution in [3.8, 4) is 23.0 Å². The first kappa shape index (κ1) is 17.6. The van der Waals surface area contributed by atoms with E-state index in [1.807, 2.05) is 6.07 Å². The summed E-state index contributed by atoms with van der Waals surface area (Å²) >= 11 is 0. The van der Waals surface area contributed by atoms with Gasteiger partial charge in [0.2, 0.25) is 13.6 Å². The van der Waals surface area contributed by atoms with E-state index in [1.165, 1.54) is 16.7 Å². The summed E-state index contributed by atoms with van der Waals surface area (Å²) in [6, 6.07) is 10.5. The number of ether oxygens (including phenoxy) is 6. The van der Waals surface area contributed by atoms with Gasteiger partial charge in [-0.25, -0.2) is 0 Å². The summed E-state index contributed by atoms with van der Waals surface area (Å²) in [7, 11) is 3.52. The van der Waals surface area contributed by atoms with Gasteiger partial charge in [-0.1, -0.05) is 6.07 Å². The summed E-state index contributed by atoms with van der Waals surface area (Å²) < 4.78 is 33.6. The molecule has 2 aliphatic heterocycles. The van der Waals surface area contributed by atoms with Crippen molar-refractivity contribution in [2.45, 2.75) is 12.3 Å². The molecule has 3 atom stereocenters. The monoisotopic (exact) mass is 384 g/mol. The van der Waals surface area contributed by atoms with Gasteiger partial charge >= 0.3 is 0 Å². The lowest BCUT2D eigenvalue weighted by molar-refractivity contribution is 0.0566. The number of methoxy groups -OCH3 is 2. The topological polar surface area (TPSA) is 55.4 Å². The second-order valence-corrected chi connectivity index (χ2v) is 7.53. The molecule has 0 amide bonds. The SMILES string of the molecule is COC[C@H]1Cc2cc3c(cc2[C@@H](c2ccc4c(c2)OCO4)[C@@H]1COC)OCO3. The van der Waals surface area contributed by atoms with E-state index in [9.17, 15) is 0 Å². The van der Waals surface area contributed by atoms with Crippen molar-refractivity contribution >= 4 is 0 Å². The normalized spacial score (nSPS) is 24.3. The molecule has 0 N–H and O–H groups in total. The first-order valence-corrected chi connectivity index (χ1v) is 9.58. The van der Waals surface area contributed by atoms with Gasteiger partial charge in [-0.3, -0.25) is 0 Å². The molecule has 0 spiro atoms. The summed E-state index contributed by atoms with van der Waals surface area (Å²) in [4.78, 5) is 0. The lowest BCUT2D eigenvalue weighted by Crippen LogP contribution is -2.36. The average molecular weight is 384 g/mol. The zero-order chi connectivity index (χ0) is 19.1. The Hall–Kier alpha value is -2.44. The highest BCUT2D eigenvalue weighted by Crippen LogP contribution is 2.49. The van der Waals surface area contributed by atoms with Gasteiger partial charge in [0.15, 0.2) is 23.0 Å². The Kier molecular flexibility index (Phi) is 4.53. The molecule has 2 heterocycles. The number of hydrogen-bond acceptors (Lipinski definition) is 6. The number of benzene rings is 2. The Bertz CT molecular complexity index is 880. The first-order chi connectivity index (χ1) is 13.8. The molecule has 0 bridgehead atoms. The van der Waals surface area contributed by atoms with Crippen LogP contribution < -0.4 is 18.9 Å². The molecule has 6 heteroatoms. The molecule has 0 fully saturated rings. The Morgan fingerprint density at radius 2 is 1.50 bits per heavy atom. The van der Waals surface area contributed by atoms with Crippen molar-refractivity contribution < 1.29 is 28.4 Å². The summed E-state index contributed by atoms with van der Waals surface area (Å²) in [5.74, 6) is 3.99. The first-order valence-electron chi connectivity index (χ1n) is 9.58. The summed E-state index contributed by atoms with van der Waals surface area (Å²) in [5.41, 5.74) is 3.73. The Labute approximate surface area is 164 Å². The van der Waals surface area contributed by atoms with E-state index in [0.717, 1.165) is 29.4 Å². The Morgan fingerprint density at radius 1 is 0.821 bits per heavy atom. The van der Waals surface area contributed by atoms with Gasteiger partial charge < -0.3 is 28.4 Å². The predicted molar refractivity (Wildman–Crippen MR) is 101 cm³/mol. The van der Waals surface area contributed by atoms with E-state index < -0.39 is 0 Å². The van der Waals surface area contributed by atoms with E-state index in [1.54, 1.807) is 14.2 Å². The predicted octanol–water partition coefficient (Wildman–Crippen LogP) is 3.36. The van der Waals surface area contributed by atoms with E-state index in [4.69, 9.17) is 28.4 Å². The minimum atomic E-state index is 0.146. The molecule has 0 saturated heterocycles. The lowest BCUT2D eigenvalue weighted by Gasteiger charge is -2.39. The second kappa shape index (κ2) is 7.18. The molecular formula is C22H24O6. The Balaban J connectivity index is 1.64. The molecule has 0 aromatic heterocycles. The minimum Gasteiger partial charge on any atom is -0.454 e. The van der Waals surface area contributed by atoms with Crippen LogP contribution in [0.3, 0.4) is 0 Å². The van der Waals surface area contributed by atoms with Crippen molar-refractivity contribution in [1.82, 2.24) is 0 Å². The van der Waals surface area contributed by atoms with Crippen LogP contribution in [-0.2, 0) is 15.9 Å². The minimum absolute atomic E-state index is 0.146. The van der Waals surface area contributed by atoms with Crippen LogP contribution in [0.2, 0.25) is 0 Å². The maximum absolute atomic E-state index is 5.67. The van der Waals surface area contributed by atoms with Crippen molar-refractivity contribution in [2.75, 3.05) is 41.0 Å². The van der Waals surface area contributed by atoms with E-state index in [-0.39, 0.29) is 25.4 Å². The molecule has 28 heavy (non-hydrogen) atoms. The van der Waals surface area contributed by atoms with Crippen molar-refractivity contribution in [1.29, 1.82) is 0 Å². The van der Waals surface area contributed by atoms with Crippen LogP contribution in [0.1, 0.15) is 22.6 Å². The number of rotatable bonds is 5.